The van der Waals surface area contributed by atoms with E-state index in [2.05, 4.69) is 5.32 Å². The highest BCUT2D eigenvalue weighted by Gasteiger charge is 2.41. The lowest BCUT2D eigenvalue weighted by Gasteiger charge is -2.18. The summed E-state index contributed by atoms with van der Waals surface area (Å²) in [6.07, 6.45) is 0. The predicted octanol–water partition coefficient (Wildman–Crippen LogP) is 4.81. The summed E-state index contributed by atoms with van der Waals surface area (Å²) in [6.45, 7) is 0. The average molecular weight is 411 g/mol. The van der Waals surface area contributed by atoms with Crippen LogP contribution in [0, 0.1) is 0 Å². The topological polar surface area (TPSA) is 58.6 Å². The van der Waals surface area contributed by atoms with Gasteiger partial charge >= 0.3 is 0 Å². The largest absolute Gasteiger partial charge is 0.495 e. The highest BCUT2D eigenvalue weighted by atomic mass is 35.5. The molecule has 2 heterocycles. The normalized spacial score (nSPS) is 14.0. The van der Waals surface area contributed by atoms with Crippen molar-refractivity contribution in [2.24, 2.45) is 0 Å². The van der Waals surface area contributed by atoms with E-state index in [-0.39, 0.29) is 5.70 Å². The highest BCUT2D eigenvalue weighted by molar-refractivity contribution is 7.11. The maximum Gasteiger partial charge on any atom is 0.282 e. The molecule has 5 nitrogen and oxygen atoms in total. The Bertz CT molecular complexity index is 1080. The van der Waals surface area contributed by atoms with Crippen LogP contribution in [0.4, 0.5) is 11.4 Å². The number of amides is 2. The van der Waals surface area contributed by atoms with E-state index in [4.69, 9.17) is 16.3 Å². The average Bonchev–Trinajstić information content (AvgIpc) is 3.30. The third-order valence-electron chi connectivity index (χ3n) is 4.28. The third kappa shape index (κ3) is 3.17. The third-order valence-corrected chi connectivity index (χ3v) is 5.40. The van der Waals surface area contributed by atoms with Crippen LogP contribution < -0.4 is 15.0 Å². The number of ether oxygens (including phenoxy) is 1. The summed E-state index contributed by atoms with van der Waals surface area (Å²) in [5.74, 6) is -0.498. The van der Waals surface area contributed by atoms with Crippen LogP contribution in [0.2, 0.25) is 5.02 Å². The standard InChI is InChI=1S/C21H15ClN2O3S/c1-27-16-10-9-13(22)12-15(16)24-20(25)18(17-8-5-11-28-17)19(21(24)26)23-14-6-3-2-4-7-14/h2-12,23H,1H3. The number of halogens is 1. The van der Waals surface area contributed by atoms with Crippen LogP contribution in [-0.4, -0.2) is 18.9 Å². The zero-order valence-electron chi connectivity index (χ0n) is 14.8. The number of nitrogens with zero attached hydrogens (tertiary/aromatic N) is 1. The van der Waals surface area contributed by atoms with Gasteiger partial charge in [0.05, 0.1) is 18.4 Å². The number of rotatable bonds is 5. The molecule has 28 heavy (non-hydrogen) atoms. The summed E-state index contributed by atoms with van der Waals surface area (Å²) in [5.41, 5.74) is 1.57. The molecule has 0 saturated heterocycles. The highest BCUT2D eigenvalue weighted by Crippen LogP contribution is 2.39. The number of hydrogen-bond acceptors (Lipinski definition) is 5. The molecule has 2 aromatic carbocycles. The molecule has 1 aromatic heterocycles. The number of para-hydroxylation sites is 1. The van der Waals surface area contributed by atoms with Crippen molar-refractivity contribution in [2.75, 3.05) is 17.3 Å². The Morgan fingerprint density at radius 3 is 2.46 bits per heavy atom. The number of thiophene rings is 1. The second-order valence-electron chi connectivity index (χ2n) is 5.98. The van der Waals surface area contributed by atoms with Gasteiger partial charge < -0.3 is 10.1 Å². The fourth-order valence-corrected chi connectivity index (χ4v) is 3.95. The first-order valence-electron chi connectivity index (χ1n) is 8.42. The van der Waals surface area contributed by atoms with Crippen LogP contribution in [0.15, 0.2) is 71.7 Å². The smallest absolute Gasteiger partial charge is 0.282 e. The molecule has 0 atom stereocenters. The van der Waals surface area contributed by atoms with Gasteiger partial charge in [0.2, 0.25) is 0 Å². The van der Waals surface area contributed by atoms with Gasteiger partial charge in [-0.15, -0.1) is 11.3 Å². The van der Waals surface area contributed by atoms with Gasteiger partial charge in [0.1, 0.15) is 11.4 Å². The van der Waals surface area contributed by atoms with Crippen molar-refractivity contribution in [3.63, 3.8) is 0 Å². The first kappa shape index (κ1) is 18.3. The Hall–Kier alpha value is -3.09. The van der Waals surface area contributed by atoms with Crippen LogP contribution in [0.3, 0.4) is 0 Å². The molecule has 4 rings (SSSR count). The van der Waals surface area contributed by atoms with Gasteiger partial charge in [0, 0.05) is 15.6 Å². The van der Waals surface area contributed by atoms with Crippen molar-refractivity contribution in [3.05, 3.63) is 81.6 Å². The Morgan fingerprint density at radius 2 is 1.79 bits per heavy atom. The molecule has 140 valence electrons. The lowest BCUT2D eigenvalue weighted by atomic mass is 10.2. The number of benzene rings is 2. The fraction of sp³-hybridized carbons (Fsp3) is 0.0476. The number of nitrogens with one attached hydrogen (secondary N) is 1. The van der Waals surface area contributed by atoms with Crippen LogP contribution in [0.1, 0.15) is 4.88 Å². The van der Waals surface area contributed by atoms with Crippen molar-refractivity contribution in [3.8, 4) is 5.75 Å². The molecule has 0 bridgehead atoms. The maximum absolute atomic E-state index is 13.3. The monoisotopic (exact) mass is 410 g/mol. The molecule has 2 amide bonds. The van der Waals surface area contributed by atoms with Gasteiger partial charge in [0.15, 0.2) is 0 Å². The molecule has 0 saturated carbocycles. The lowest BCUT2D eigenvalue weighted by Crippen LogP contribution is -2.32. The molecular weight excluding hydrogens is 396 g/mol. The summed E-state index contributed by atoms with van der Waals surface area (Å²) in [4.78, 5) is 28.4. The SMILES string of the molecule is COc1ccc(Cl)cc1N1C(=O)C(Nc2ccccc2)=C(c2cccs2)C1=O. The lowest BCUT2D eigenvalue weighted by molar-refractivity contribution is -0.120. The Labute approximate surface area is 170 Å². The van der Waals surface area contributed by atoms with E-state index < -0.39 is 11.8 Å². The van der Waals surface area contributed by atoms with Gasteiger partial charge in [-0.25, -0.2) is 4.90 Å². The Kier molecular flexibility index (Phi) is 4.90. The summed E-state index contributed by atoms with van der Waals surface area (Å²) in [6, 6.07) is 17.7. The molecule has 7 heteroatoms. The minimum absolute atomic E-state index is 0.223. The van der Waals surface area contributed by atoms with E-state index in [0.717, 1.165) is 4.90 Å². The van der Waals surface area contributed by atoms with E-state index in [0.29, 0.717) is 32.6 Å². The molecule has 1 N–H and O–H groups in total. The van der Waals surface area contributed by atoms with E-state index in [9.17, 15) is 9.59 Å². The molecule has 1 aliphatic rings. The van der Waals surface area contributed by atoms with Crippen molar-refractivity contribution in [1.82, 2.24) is 0 Å². The van der Waals surface area contributed by atoms with Crippen molar-refractivity contribution in [1.29, 1.82) is 0 Å². The second kappa shape index (κ2) is 7.50. The zero-order chi connectivity index (χ0) is 19.7. The predicted molar refractivity (Wildman–Crippen MR) is 112 cm³/mol. The number of carbonyl (C=O) groups excluding carboxylic acids is 2. The molecule has 0 aliphatic carbocycles. The minimum atomic E-state index is -0.460. The van der Waals surface area contributed by atoms with Crippen molar-refractivity contribution in [2.45, 2.75) is 0 Å². The van der Waals surface area contributed by atoms with Crippen LogP contribution in [0.5, 0.6) is 5.75 Å². The van der Waals surface area contributed by atoms with Gasteiger partial charge in [0.25, 0.3) is 11.8 Å². The molecule has 1 aliphatic heterocycles. The first-order valence-corrected chi connectivity index (χ1v) is 9.68. The number of imide groups is 1. The number of hydrogen-bond donors (Lipinski definition) is 1. The quantitative estimate of drug-likeness (QED) is 0.613. The van der Waals surface area contributed by atoms with Gasteiger partial charge in [-0.1, -0.05) is 35.9 Å². The van der Waals surface area contributed by atoms with E-state index in [1.54, 1.807) is 18.2 Å². The minimum Gasteiger partial charge on any atom is -0.495 e. The zero-order valence-corrected chi connectivity index (χ0v) is 16.4. The van der Waals surface area contributed by atoms with Gasteiger partial charge in [-0.05, 0) is 41.8 Å². The maximum atomic E-state index is 13.3. The van der Waals surface area contributed by atoms with Crippen molar-refractivity contribution >= 4 is 51.7 Å². The number of carbonyl (C=O) groups is 2. The number of anilines is 2. The summed E-state index contributed by atoms with van der Waals surface area (Å²) >= 11 is 7.51. The van der Waals surface area contributed by atoms with Crippen molar-refractivity contribution < 1.29 is 14.3 Å². The molecule has 0 radical (unpaired) electrons. The van der Waals surface area contributed by atoms with E-state index in [1.165, 1.54) is 18.4 Å². The Morgan fingerprint density at radius 1 is 1.00 bits per heavy atom. The molecule has 0 unspecified atom stereocenters. The molecule has 0 fully saturated rings. The van der Waals surface area contributed by atoms with Crippen LogP contribution in [-0.2, 0) is 9.59 Å². The molecule has 3 aromatic rings. The van der Waals surface area contributed by atoms with Gasteiger partial charge in [-0.2, -0.15) is 0 Å². The number of methoxy groups -OCH3 is 1. The Balaban J connectivity index is 1.84. The summed E-state index contributed by atoms with van der Waals surface area (Å²) < 4.78 is 5.35. The van der Waals surface area contributed by atoms with Crippen LogP contribution >= 0.6 is 22.9 Å². The van der Waals surface area contributed by atoms with Crippen LogP contribution in [0.25, 0.3) is 5.57 Å². The van der Waals surface area contributed by atoms with E-state index in [1.807, 2.05) is 47.8 Å². The molecule has 0 spiro atoms. The fourth-order valence-electron chi connectivity index (χ4n) is 3.02. The first-order chi connectivity index (χ1) is 13.6. The van der Waals surface area contributed by atoms with Gasteiger partial charge in [-0.3, -0.25) is 9.59 Å². The second-order valence-corrected chi connectivity index (χ2v) is 7.36. The summed E-state index contributed by atoms with van der Waals surface area (Å²) in [5, 5.41) is 5.38. The summed E-state index contributed by atoms with van der Waals surface area (Å²) in [7, 11) is 1.48. The van der Waals surface area contributed by atoms with E-state index >= 15 is 0 Å². The molecular formula is C21H15ClN2O3S.